The molecular weight excluding hydrogens is 184 g/mol. The molecule has 1 aliphatic carbocycles. The summed E-state index contributed by atoms with van der Waals surface area (Å²) in [6.07, 6.45) is 5.00. The number of anilines is 1. The van der Waals surface area contributed by atoms with E-state index in [4.69, 9.17) is 0 Å². The van der Waals surface area contributed by atoms with Gasteiger partial charge in [0.2, 0.25) is 5.91 Å². The first-order chi connectivity index (χ1) is 6.25. The maximum atomic E-state index is 11.5. The Balaban J connectivity index is 1.93. The Morgan fingerprint density at radius 2 is 2.46 bits per heavy atom. The Morgan fingerprint density at radius 1 is 1.69 bits per heavy atom. The minimum absolute atomic E-state index is 0.162. The molecule has 1 fully saturated rings. The molecule has 0 spiro atoms. The number of aryl methyl sites for hydroxylation is 1. The topological polar surface area (TPSA) is 42.0 Å². The number of nitrogens with one attached hydrogen (secondary N) is 1. The van der Waals surface area contributed by atoms with E-state index in [1.54, 1.807) is 6.20 Å². The summed E-state index contributed by atoms with van der Waals surface area (Å²) >= 11 is 1.52. The highest BCUT2D eigenvalue weighted by atomic mass is 32.1. The first kappa shape index (κ1) is 8.69. The van der Waals surface area contributed by atoms with E-state index in [0.29, 0.717) is 0 Å². The van der Waals surface area contributed by atoms with Crippen molar-refractivity contribution in [3.05, 3.63) is 11.2 Å². The van der Waals surface area contributed by atoms with Crippen LogP contribution in [0.15, 0.2) is 6.20 Å². The largest absolute Gasteiger partial charge is 0.316 e. The number of rotatable bonds is 2. The molecule has 1 aromatic heterocycles. The Bertz CT molecular complexity index is 317. The molecule has 1 aromatic rings. The molecule has 1 N–H and O–H groups in total. The Labute approximate surface area is 81.2 Å². The van der Waals surface area contributed by atoms with Gasteiger partial charge in [-0.1, -0.05) is 6.42 Å². The van der Waals surface area contributed by atoms with Crippen LogP contribution in [0.3, 0.4) is 0 Å². The van der Waals surface area contributed by atoms with Gasteiger partial charge in [0.1, 0.15) is 5.00 Å². The molecule has 4 heteroatoms. The van der Waals surface area contributed by atoms with Crippen LogP contribution < -0.4 is 5.32 Å². The number of aromatic nitrogens is 1. The summed E-state index contributed by atoms with van der Waals surface area (Å²) < 4.78 is 0. The van der Waals surface area contributed by atoms with Crippen LogP contribution in [-0.2, 0) is 4.79 Å². The number of carbonyl (C=O) groups is 1. The van der Waals surface area contributed by atoms with Crippen molar-refractivity contribution in [1.29, 1.82) is 0 Å². The molecule has 0 aromatic carbocycles. The van der Waals surface area contributed by atoms with Crippen LogP contribution in [0.25, 0.3) is 0 Å². The van der Waals surface area contributed by atoms with Crippen molar-refractivity contribution in [3.63, 3.8) is 0 Å². The molecule has 1 saturated carbocycles. The highest BCUT2D eigenvalue weighted by Crippen LogP contribution is 2.28. The van der Waals surface area contributed by atoms with Gasteiger partial charge in [-0.3, -0.25) is 4.79 Å². The van der Waals surface area contributed by atoms with E-state index in [2.05, 4.69) is 10.3 Å². The maximum Gasteiger partial charge on any atom is 0.228 e. The summed E-state index contributed by atoms with van der Waals surface area (Å²) in [7, 11) is 0. The molecule has 2 rings (SSSR count). The molecule has 1 aliphatic rings. The second kappa shape index (κ2) is 3.46. The first-order valence-electron chi connectivity index (χ1n) is 4.49. The van der Waals surface area contributed by atoms with Gasteiger partial charge in [0.05, 0.1) is 11.2 Å². The lowest BCUT2D eigenvalue weighted by molar-refractivity contribution is -0.122. The third-order valence-electron chi connectivity index (χ3n) is 2.34. The highest BCUT2D eigenvalue weighted by molar-refractivity contribution is 7.15. The predicted octanol–water partition coefficient (Wildman–Crippen LogP) is 2.19. The van der Waals surface area contributed by atoms with Crippen molar-refractivity contribution in [2.75, 3.05) is 5.32 Å². The SMILES string of the molecule is Cc1ncc(NC(=O)C2CCC2)s1. The van der Waals surface area contributed by atoms with Gasteiger partial charge in [0.15, 0.2) is 0 Å². The van der Waals surface area contributed by atoms with E-state index < -0.39 is 0 Å². The summed E-state index contributed by atoms with van der Waals surface area (Å²) in [6.45, 7) is 1.93. The van der Waals surface area contributed by atoms with Gasteiger partial charge in [-0.25, -0.2) is 4.98 Å². The lowest BCUT2D eigenvalue weighted by Crippen LogP contribution is -2.27. The molecular formula is C9H12N2OS. The Hall–Kier alpha value is -0.900. The highest BCUT2D eigenvalue weighted by Gasteiger charge is 2.25. The maximum absolute atomic E-state index is 11.5. The normalized spacial score (nSPS) is 16.7. The molecule has 70 valence electrons. The van der Waals surface area contributed by atoms with E-state index >= 15 is 0 Å². The van der Waals surface area contributed by atoms with Gasteiger partial charge < -0.3 is 5.32 Å². The van der Waals surface area contributed by atoms with Crippen molar-refractivity contribution in [1.82, 2.24) is 4.98 Å². The summed E-state index contributed by atoms with van der Waals surface area (Å²) in [4.78, 5) is 15.5. The standard InChI is InChI=1S/C9H12N2OS/c1-6-10-5-8(13-6)11-9(12)7-3-2-4-7/h5,7H,2-4H2,1H3,(H,11,12). The fraction of sp³-hybridized carbons (Fsp3) is 0.556. The van der Waals surface area contributed by atoms with Crippen LogP contribution in [0.5, 0.6) is 0 Å². The van der Waals surface area contributed by atoms with Crippen molar-refractivity contribution in [2.45, 2.75) is 26.2 Å². The molecule has 1 amide bonds. The van der Waals surface area contributed by atoms with Gasteiger partial charge in [0.25, 0.3) is 0 Å². The lowest BCUT2D eigenvalue weighted by Gasteiger charge is -2.23. The number of thiazole rings is 1. The summed E-state index contributed by atoms with van der Waals surface area (Å²) in [5, 5.41) is 4.74. The molecule has 0 aliphatic heterocycles. The predicted molar refractivity (Wildman–Crippen MR) is 52.8 cm³/mol. The van der Waals surface area contributed by atoms with Crippen LogP contribution in [0.2, 0.25) is 0 Å². The van der Waals surface area contributed by atoms with Crippen LogP contribution in [0.4, 0.5) is 5.00 Å². The van der Waals surface area contributed by atoms with Crippen LogP contribution in [-0.4, -0.2) is 10.9 Å². The van der Waals surface area contributed by atoms with E-state index in [1.807, 2.05) is 6.92 Å². The number of carbonyl (C=O) groups excluding carboxylic acids is 1. The zero-order valence-corrected chi connectivity index (χ0v) is 8.36. The van der Waals surface area contributed by atoms with Crippen molar-refractivity contribution in [3.8, 4) is 0 Å². The smallest absolute Gasteiger partial charge is 0.228 e. The number of amides is 1. The fourth-order valence-corrected chi connectivity index (χ4v) is 1.99. The van der Waals surface area contributed by atoms with Crippen molar-refractivity contribution >= 4 is 22.2 Å². The van der Waals surface area contributed by atoms with Gasteiger partial charge >= 0.3 is 0 Å². The number of nitrogens with zero attached hydrogens (tertiary/aromatic N) is 1. The van der Waals surface area contributed by atoms with E-state index in [-0.39, 0.29) is 11.8 Å². The van der Waals surface area contributed by atoms with Crippen LogP contribution in [0.1, 0.15) is 24.3 Å². The van der Waals surface area contributed by atoms with Gasteiger partial charge in [-0.15, -0.1) is 11.3 Å². The molecule has 0 atom stereocenters. The van der Waals surface area contributed by atoms with Crippen LogP contribution >= 0.6 is 11.3 Å². The first-order valence-corrected chi connectivity index (χ1v) is 5.30. The molecule has 0 bridgehead atoms. The zero-order chi connectivity index (χ0) is 9.26. The molecule has 0 unspecified atom stereocenters. The number of hydrogen-bond acceptors (Lipinski definition) is 3. The Morgan fingerprint density at radius 3 is 2.92 bits per heavy atom. The molecule has 3 nitrogen and oxygen atoms in total. The third kappa shape index (κ3) is 1.88. The molecule has 13 heavy (non-hydrogen) atoms. The monoisotopic (exact) mass is 196 g/mol. The quantitative estimate of drug-likeness (QED) is 0.787. The zero-order valence-electron chi connectivity index (χ0n) is 7.54. The van der Waals surface area contributed by atoms with Crippen LogP contribution in [0, 0.1) is 12.8 Å². The second-order valence-electron chi connectivity index (χ2n) is 3.36. The summed E-state index contributed by atoms with van der Waals surface area (Å²) in [6, 6.07) is 0. The van der Waals surface area contributed by atoms with Gasteiger partial charge in [-0.2, -0.15) is 0 Å². The molecule has 1 heterocycles. The lowest BCUT2D eigenvalue weighted by atomic mass is 9.85. The van der Waals surface area contributed by atoms with Gasteiger partial charge in [0, 0.05) is 5.92 Å². The minimum atomic E-state index is 0.162. The summed E-state index contributed by atoms with van der Waals surface area (Å²) in [5.41, 5.74) is 0. The van der Waals surface area contributed by atoms with E-state index in [9.17, 15) is 4.79 Å². The fourth-order valence-electron chi connectivity index (χ4n) is 1.31. The van der Waals surface area contributed by atoms with E-state index in [1.165, 1.54) is 17.8 Å². The van der Waals surface area contributed by atoms with Gasteiger partial charge in [-0.05, 0) is 19.8 Å². The Kier molecular flexibility index (Phi) is 2.31. The average molecular weight is 196 g/mol. The minimum Gasteiger partial charge on any atom is -0.316 e. The summed E-state index contributed by atoms with van der Waals surface area (Å²) in [5.74, 6) is 0.414. The number of hydrogen-bond donors (Lipinski definition) is 1. The average Bonchev–Trinajstić information content (AvgIpc) is 2.31. The van der Waals surface area contributed by atoms with Crippen molar-refractivity contribution < 1.29 is 4.79 Å². The molecule has 0 saturated heterocycles. The molecule has 0 radical (unpaired) electrons. The second-order valence-corrected chi connectivity index (χ2v) is 4.60. The van der Waals surface area contributed by atoms with Crippen molar-refractivity contribution in [2.24, 2.45) is 5.92 Å². The van der Waals surface area contributed by atoms with E-state index in [0.717, 1.165) is 22.9 Å². The third-order valence-corrected chi connectivity index (χ3v) is 3.17.